The average Bonchev–Trinajstić information content (AvgIpc) is 2.94. The van der Waals surface area contributed by atoms with Crippen molar-refractivity contribution in [2.45, 2.75) is 38.9 Å². The fourth-order valence-corrected chi connectivity index (χ4v) is 4.98. The monoisotopic (exact) mass is 409 g/mol. The standard InChI is InChI=1S/C23H27BClN2O2/c1-15-12-18(13-16(2)21(15)24-3)29-11-10-27-8-6-23(7-9-27)19-14-17(25)4-5-20(19)26-22(23)28/h4-5,12-14H,6-11H2,1-3H3,(H,26,28). The Balaban J connectivity index is 1.35. The summed E-state index contributed by atoms with van der Waals surface area (Å²) in [6, 6.07) is 9.92. The van der Waals surface area contributed by atoms with Crippen molar-refractivity contribution in [1.29, 1.82) is 0 Å². The minimum absolute atomic E-state index is 0.115. The highest BCUT2D eigenvalue weighted by atomic mass is 35.5. The van der Waals surface area contributed by atoms with E-state index >= 15 is 0 Å². The number of nitrogens with zero attached hydrogens (tertiary/aromatic N) is 1. The number of nitrogens with one attached hydrogen (secondary N) is 1. The van der Waals surface area contributed by atoms with Crippen LogP contribution in [0.2, 0.25) is 11.8 Å². The summed E-state index contributed by atoms with van der Waals surface area (Å²) in [7, 11) is 2.14. The number of likely N-dealkylation sites (tertiary alicyclic amines) is 1. The normalized spacial score (nSPS) is 17.9. The van der Waals surface area contributed by atoms with Crippen LogP contribution in [-0.4, -0.2) is 44.3 Å². The summed E-state index contributed by atoms with van der Waals surface area (Å²) in [5, 5.41) is 3.73. The zero-order chi connectivity index (χ0) is 20.6. The van der Waals surface area contributed by atoms with Gasteiger partial charge in [0.15, 0.2) is 0 Å². The first-order valence-electron chi connectivity index (χ1n) is 10.3. The van der Waals surface area contributed by atoms with Crippen LogP contribution in [0.3, 0.4) is 0 Å². The molecule has 1 spiro atoms. The van der Waals surface area contributed by atoms with E-state index in [0.717, 1.165) is 49.5 Å². The minimum atomic E-state index is -0.432. The zero-order valence-electron chi connectivity index (χ0n) is 17.3. The van der Waals surface area contributed by atoms with Crippen LogP contribution < -0.4 is 15.5 Å². The lowest BCUT2D eigenvalue weighted by Gasteiger charge is -2.38. The Bertz CT molecular complexity index is 915. The fourth-order valence-electron chi connectivity index (χ4n) is 4.81. The number of carbonyl (C=O) groups is 1. The van der Waals surface area contributed by atoms with Gasteiger partial charge in [-0.05, 0) is 75.7 Å². The number of carbonyl (C=O) groups excluding carboxylic acids is 1. The number of amides is 1. The summed E-state index contributed by atoms with van der Waals surface area (Å²) < 4.78 is 6.03. The molecule has 29 heavy (non-hydrogen) atoms. The van der Waals surface area contributed by atoms with Gasteiger partial charge in [0.05, 0.1) is 5.41 Å². The second-order valence-electron chi connectivity index (χ2n) is 8.18. The molecule has 1 N–H and O–H groups in total. The molecule has 151 valence electrons. The number of hydrogen-bond donors (Lipinski definition) is 1. The van der Waals surface area contributed by atoms with Gasteiger partial charge in [0.2, 0.25) is 5.91 Å². The van der Waals surface area contributed by atoms with Gasteiger partial charge in [-0.15, -0.1) is 0 Å². The van der Waals surface area contributed by atoms with Gasteiger partial charge in [-0.3, -0.25) is 9.69 Å². The van der Waals surface area contributed by atoms with Crippen LogP contribution >= 0.6 is 11.6 Å². The van der Waals surface area contributed by atoms with Gasteiger partial charge in [-0.2, -0.15) is 0 Å². The molecule has 2 aliphatic rings. The highest BCUT2D eigenvalue weighted by Gasteiger charge is 2.48. The van der Waals surface area contributed by atoms with Gasteiger partial charge in [-0.25, -0.2) is 0 Å². The van der Waals surface area contributed by atoms with E-state index in [1.54, 1.807) is 0 Å². The topological polar surface area (TPSA) is 41.6 Å². The van der Waals surface area contributed by atoms with Crippen molar-refractivity contribution < 1.29 is 9.53 Å². The Morgan fingerprint density at radius 1 is 1.17 bits per heavy atom. The fraction of sp³-hybridized carbons (Fsp3) is 0.435. The van der Waals surface area contributed by atoms with Crippen molar-refractivity contribution in [3.63, 3.8) is 0 Å². The third-order valence-electron chi connectivity index (χ3n) is 6.42. The van der Waals surface area contributed by atoms with Crippen molar-refractivity contribution in [2.75, 3.05) is 31.6 Å². The van der Waals surface area contributed by atoms with Gasteiger partial charge in [0.1, 0.15) is 19.6 Å². The maximum atomic E-state index is 12.7. The molecule has 0 bridgehead atoms. The lowest BCUT2D eigenvalue weighted by molar-refractivity contribution is -0.122. The molecule has 4 rings (SSSR count). The molecule has 0 unspecified atom stereocenters. The SMILES string of the molecule is C[B]c1c(C)cc(OCCN2CCC3(CC2)C(=O)Nc2ccc(Cl)cc23)cc1C. The molecule has 1 saturated heterocycles. The molecular formula is C23H27BClN2O2. The molecule has 2 aliphatic heterocycles. The third kappa shape index (κ3) is 3.78. The van der Waals surface area contributed by atoms with Crippen LogP contribution in [0.15, 0.2) is 30.3 Å². The Labute approximate surface area is 178 Å². The van der Waals surface area contributed by atoms with Gasteiger partial charge in [0.25, 0.3) is 0 Å². The number of hydrogen-bond acceptors (Lipinski definition) is 3. The van der Waals surface area contributed by atoms with Crippen LogP contribution in [0, 0.1) is 13.8 Å². The molecule has 0 aliphatic carbocycles. The average molecular weight is 410 g/mol. The van der Waals surface area contributed by atoms with Gasteiger partial charge in [0, 0.05) is 17.3 Å². The Morgan fingerprint density at radius 3 is 2.52 bits per heavy atom. The molecule has 0 atom stereocenters. The quantitative estimate of drug-likeness (QED) is 0.766. The number of rotatable bonds is 5. The van der Waals surface area contributed by atoms with E-state index in [2.05, 4.69) is 50.3 Å². The first-order chi connectivity index (χ1) is 13.9. The van der Waals surface area contributed by atoms with Crippen LogP contribution in [0.4, 0.5) is 5.69 Å². The van der Waals surface area contributed by atoms with E-state index in [-0.39, 0.29) is 5.91 Å². The van der Waals surface area contributed by atoms with Crippen molar-refractivity contribution in [3.05, 3.63) is 52.0 Å². The Morgan fingerprint density at radius 2 is 1.86 bits per heavy atom. The van der Waals surface area contributed by atoms with Crippen LogP contribution in [0.5, 0.6) is 5.75 Å². The van der Waals surface area contributed by atoms with Crippen LogP contribution in [0.1, 0.15) is 29.5 Å². The lowest BCUT2D eigenvalue weighted by Crippen LogP contribution is -2.47. The summed E-state index contributed by atoms with van der Waals surface area (Å²) in [5.41, 5.74) is 5.31. The second-order valence-corrected chi connectivity index (χ2v) is 8.61. The van der Waals surface area contributed by atoms with E-state index in [1.807, 2.05) is 18.2 Å². The second kappa shape index (κ2) is 8.04. The van der Waals surface area contributed by atoms with Crippen molar-refractivity contribution in [2.24, 2.45) is 0 Å². The summed E-state index contributed by atoms with van der Waals surface area (Å²) in [6.07, 6.45) is 1.62. The van der Waals surface area contributed by atoms with E-state index in [9.17, 15) is 4.79 Å². The largest absolute Gasteiger partial charge is 0.492 e. The summed E-state index contributed by atoms with van der Waals surface area (Å²) in [5.74, 6) is 1.04. The molecule has 2 aromatic rings. The number of benzene rings is 2. The maximum Gasteiger partial charge on any atom is 0.235 e. The molecule has 0 saturated carbocycles. The van der Waals surface area contributed by atoms with Crippen LogP contribution in [0.25, 0.3) is 0 Å². The van der Waals surface area contributed by atoms with E-state index in [4.69, 9.17) is 16.3 Å². The molecule has 0 aromatic heterocycles. The number of aryl methyl sites for hydroxylation is 2. The van der Waals surface area contributed by atoms with E-state index in [0.29, 0.717) is 11.6 Å². The summed E-state index contributed by atoms with van der Waals surface area (Å²) in [4.78, 5) is 15.1. The molecule has 1 radical (unpaired) electrons. The molecule has 4 nitrogen and oxygen atoms in total. The summed E-state index contributed by atoms with van der Waals surface area (Å²) >= 11 is 6.20. The Kier molecular flexibility index (Phi) is 5.63. The number of fused-ring (bicyclic) bond motifs is 2. The van der Waals surface area contributed by atoms with Gasteiger partial charge < -0.3 is 10.1 Å². The minimum Gasteiger partial charge on any atom is -0.492 e. The number of piperidine rings is 1. The first-order valence-corrected chi connectivity index (χ1v) is 10.7. The predicted molar refractivity (Wildman–Crippen MR) is 120 cm³/mol. The van der Waals surface area contributed by atoms with E-state index < -0.39 is 5.41 Å². The van der Waals surface area contributed by atoms with Crippen LogP contribution in [-0.2, 0) is 10.2 Å². The molecule has 1 fully saturated rings. The van der Waals surface area contributed by atoms with Gasteiger partial charge in [-0.1, -0.05) is 35.0 Å². The Hall–Kier alpha value is -1.98. The van der Waals surface area contributed by atoms with Gasteiger partial charge >= 0.3 is 0 Å². The molecule has 2 heterocycles. The smallest absolute Gasteiger partial charge is 0.235 e. The lowest BCUT2D eigenvalue weighted by atomic mass is 9.69. The number of anilines is 1. The number of halogens is 1. The van der Waals surface area contributed by atoms with Crippen molar-refractivity contribution in [1.82, 2.24) is 4.90 Å². The molecule has 6 heteroatoms. The molecule has 2 aromatic carbocycles. The van der Waals surface area contributed by atoms with E-state index in [1.165, 1.54) is 16.6 Å². The first kappa shape index (κ1) is 20.3. The molecule has 1 amide bonds. The predicted octanol–water partition coefficient (Wildman–Crippen LogP) is 3.70. The molecular weight excluding hydrogens is 383 g/mol. The maximum absolute atomic E-state index is 12.7. The summed E-state index contributed by atoms with van der Waals surface area (Å²) in [6.45, 7) is 9.58. The highest BCUT2D eigenvalue weighted by molar-refractivity contribution is 6.53. The third-order valence-corrected chi connectivity index (χ3v) is 6.66. The number of ether oxygens (including phenoxy) is 1. The van der Waals surface area contributed by atoms with Crippen molar-refractivity contribution in [3.8, 4) is 5.75 Å². The highest BCUT2D eigenvalue weighted by Crippen LogP contribution is 2.45. The van der Waals surface area contributed by atoms with Crippen molar-refractivity contribution >= 4 is 35.9 Å². The zero-order valence-corrected chi connectivity index (χ0v) is 18.1.